The number of pyridine rings is 1. The molecule has 0 spiro atoms. The Labute approximate surface area is 131 Å². The van der Waals surface area contributed by atoms with Crippen LogP contribution in [-0.4, -0.2) is 24.8 Å². The van der Waals surface area contributed by atoms with Crippen LogP contribution in [0.5, 0.6) is 0 Å². The molecule has 4 rings (SSSR count). The van der Waals surface area contributed by atoms with Crippen molar-refractivity contribution >= 4 is 28.2 Å². The fourth-order valence-corrected chi connectivity index (χ4v) is 2.70. The number of hydrogen-bond acceptors (Lipinski definition) is 4. The molecule has 3 aromatic heterocycles. The number of hydrogen-bond donors (Lipinski definition) is 0. The molecule has 0 unspecified atom stereocenters. The Bertz CT molecular complexity index is 979. The van der Waals surface area contributed by atoms with Gasteiger partial charge in [-0.25, -0.2) is 0 Å². The predicted octanol–water partition coefficient (Wildman–Crippen LogP) is 3.48. The van der Waals surface area contributed by atoms with E-state index in [1.807, 2.05) is 18.2 Å². The van der Waals surface area contributed by atoms with Crippen LogP contribution < -0.4 is 0 Å². The average molecular weight is 310 g/mol. The van der Waals surface area contributed by atoms with E-state index < -0.39 is 0 Å². The van der Waals surface area contributed by atoms with Gasteiger partial charge >= 0.3 is 0 Å². The molecule has 0 saturated carbocycles. The van der Waals surface area contributed by atoms with E-state index in [0.717, 1.165) is 22.3 Å². The Kier molecular flexibility index (Phi) is 3.01. The largest absolute Gasteiger partial charge is 0.256 e. The normalized spacial score (nSPS) is 12.8. The second kappa shape index (κ2) is 5.03. The summed E-state index contributed by atoms with van der Waals surface area (Å²) in [7, 11) is 0. The molecule has 0 aliphatic carbocycles. The topological polar surface area (TPSA) is 56.0 Å². The van der Waals surface area contributed by atoms with Crippen molar-refractivity contribution in [2.45, 2.75) is 12.8 Å². The first kappa shape index (κ1) is 13.2. The third kappa shape index (κ3) is 2.10. The van der Waals surface area contributed by atoms with E-state index in [1.165, 1.54) is 0 Å². The third-order valence-electron chi connectivity index (χ3n) is 3.77. The molecule has 0 aliphatic heterocycles. The van der Waals surface area contributed by atoms with Gasteiger partial charge in [0.15, 0.2) is 11.5 Å². The van der Waals surface area contributed by atoms with Crippen molar-refractivity contribution in [2.24, 2.45) is 0 Å². The van der Waals surface area contributed by atoms with Crippen molar-refractivity contribution in [1.29, 1.82) is 0 Å². The van der Waals surface area contributed by atoms with Crippen LogP contribution in [0, 0.1) is 0 Å². The Morgan fingerprint density at radius 1 is 1.09 bits per heavy atom. The summed E-state index contributed by atoms with van der Waals surface area (Å²) in [5.74, 6) is 0.811. The van der Waals surface area contributed by atoms with Crippen LogP contribution in [-0.2, 0) is 0 Å². The van der Waals surface area contributed by atoms with E-state index in [0.29, 0.717) is 10.8 Å². The number of rotatable bonds is 2. The molecular formula is C16H12ClN5. The number of aromatic nitrogens is 5. The van der Waals surface area contributed by atoms with Gasteiger partial charge < -0.3 is 0 Å². The third-order valence-corrected chi connectivity index (χ3v) is 3.97. The molecule has 3 heterocycles. The van der Waals surface area contributed by atoms with E-state index in [9.17, 15) is 0 Å². The zero-order valence-electron chi connectivity index (χ0n) is 11.8. The highest BCUT2D eigenvalue weighted by atomic mass is 35.5. The van der Waals surface area contributed by atoms with E-state index in [2.05, 4.69) is 45.4 Å². The van der Waals surface area contributed by atoms with E-state index in [-0.39, 0.29) is 5.92 Å². The molecule has 6 heteroatoms. The summed E-state index contributed by atoms with van der Waals surface area (Å²) in [5.41, 5.74) is 2.80. The van der Waals surface area contributed by atoms with Gasteiger partial charge in [0.05, 0.1) is 5.52 Å². The van der Waals surface area contributed by atoms with Crippen LogP contribution >= 0.6 is 11.6 Å². The van der Waals surface area contributed by atoms with Crippen LogP contribution in [0.15, 0.2) is 48.7 Å². The number of fused-ring (bicyclic) bond motifs is 2. The van der Waals surface area contributed by atoms with E-state index in [1.54, 1.807) is 16.8 Å². The summed E-state index contributed by atoms with van der Waals surface area (Å²) in [6, 6.07) is 13.7. The standard InChI is InChI=1S/C16H12ClN5/c1-10(11-4-5-13-12(9-11)3-2-8-18-13)16-20-19-15-7-6-14(17)21-22(15)16/h2-10H,1H3/t10-/m1/s1. The minimum absolute atomic E-state index is 0.0468. The Morgan fingerprint density at radius 2 is 2.00 bits per heavy atom. The Hall–Kier alpha value is -2.53. The fourth-order valence-electron chi connectivity index (χ4n) is 2.57. The van der Waals surface area contributed by atoms with E-state index >= 15 is 0 Å². The zero-order chi connectivity index (χ0) is 15.1. The molecule has 1 aromatic carbocycles. The highest BCUT2D eigenvalue weighted by Gasteiger charge is 2.17. The molecule has 0 bridgehead atoms. The van der Waals surface area contributed by atoms with Crippen molar-refractivity contribution in [3.05, 3.63) is 65.2 Å². The van der Waals surface area contributed by atoms with Crippen molar-refractivity contribution in [3.8, 4) is 0 Å². The number of benzene rings is 1. The molecule has 22 heavy (non-hydrogen) atoms. The van der Waals surface area contributed by atoms with Crippen molar-refractivity contribution in [3.63, 3.8) is 0 Å². The van der Waals surface area contributed by atoms with Gasteiger partial charge in [-0.3, -0.25) is 4.98 Å². The highest BCUT2D eigenvalue weighted by molar-refractivity contribution is 6.29. The molecule has 108 valence electrons. The highest BCUT2D eigenvalue weighted by Crippen LogP contribution is 2.25. The van der Waals surface area contributed by atoms with Gasteiger partial charge in [0, 0.05) is 17.5 Å². The Balaban J connectivity index is 1.84. The smallest absolute Gasteiger partial charge is 0.178 e. The maximum Gasteiger partial charge on any atom is 0.178 e. The van der Waals surface area contributed by atoms with Gasteiger partial charge in [-0.2, -0.15) is 9.61 Å². The monoisotopic (exact) mass is 309 g/mol. The van der Waals surface area contributed by atoms with Gasteiger partial charge in [0.1, 0.15) is 5.15 Å². The molecule has 0 radical (unpaired) electrons. The van der Waals surface area contributed by atoms with Crippen molar-refractivity contribution in [1.82, 2.24) is 24.8 Å². The summed E-state index contributed by atoms with van der Waals surface area (Å²) in [5, 5.41) is 14.2. The van der Waals surface area contributed by atoms with Crippen LogP contribution in [0.3, 0.4) is 0 Å². The summed E-state index contributed by atoms with van der Waals surface area (Å²) in [6.45, 7) is 2.08. The zero-order valence-corrected chi connectivity index (χ0v) is 12.6. The quantitative estimate of drug-likeness (QED) is 0.569. The molecular weight excluding hydrogens is 298 g/mol. The maximum atomic E-state index is 5.98. The van der Waals surface area contributed by atoms with Crippen LogP contribution in [0.2, 0.25) is 5.15 Å². The lowest BCUT2D eigenvalue weighted by molar-refractivity contribution is 0.751. The minimum atomic E-state index is 0.0468. The van der Waals surface area contributed by atoms with Gasteiger partial charge in [-0.1, -0.05) is 30.7 Å². The van der Waals surface area contributed by atoms with E-state index in [4.69, 9.17) is 11.6 Å². The molecule has 4 aromatic rings. The average Bonchev–Trinajstić information content (AvgIpc) is 2.96. The minimum Gasteiger partial charge on any atom is -0.256 e. The van der Waals surface area contributed by atoms with Gasteiger partial charge in [-0.15, -0.1) is 10.2 Å². The lowest BCUT2D eigenvalue weighted by Gasteiger charge is -2.10. The van der Waals surface area contributed by atoms with Crippen molar-refractivity contribution < 1.29 is 0 Å². The van der Waals surface area contributed by atoms with Gasteiger partial charge in [-0.05, 0) is 35.9 Å². The molecule has 0 saturated heterocycles. The Morgan fingerprint density at radius 3 is 2.91 bits per heavy atom. The lowest BCUT2D eigenvalue weighted by atomic mass is 9.98. The molecule has 5 nitrogen and oxygen atoms in total. The fraction of sp³-hybridized carbons (Fsp3) is 0.125. The van der Waals surface area contributed by atoms with Gasteiger partial charge in [0.25, 0.3) is 0 Å². The first-order valence-electron chi connectivity index (χ1n) is 6.95. The summed E-state index contributed by atoms with van der Waals surface area (Å²) in [4.78, 5) is 4.34. The molecule has 0 N–H and O–H groups in total. The second-order valence-electron chi connectivity index (χ2n) is 5.16. The second-order valence-corrected chi connectivity index (χ2v) is 5.55. The molecule has 0 aliphatic rings. The predicted molar refractivity (Wildman–Crippen MR) is 85.1 cm³/mol. The number of nitrogens with zero attached hydrogens (tertiary/aromatic N) is 5. The van der Waals surface area contributed by atoms with Crippen LogP contribution in [0.4, 0.5) is 0 Å². The maximum absolute atomic E-state index is 5.98. The number of halogens is 1. The summed E-state index contributed by atoms with van der Waals surface area (Å²) in [6.07, 6.45) is 1.80. The van der Waals surface area contributed by atoms with Crippen molar-refractivity contribution in [2.75, 3.05) is 0 Å². The first-order chi connectivity index (χ1) is 10.7. The molecule has 1 atom stereocenters. The summed E-state index contributed by atoms with van der Waals surface area (Å²) < 4.78 is 1.69. The SMILES string of the molecule is C[C@H](c1ccc2ncccc2c1)c1nnc2ccc(Cl)nn12. The van der Waals surface area contributed by atoms with Gasteiger partial charge in [0.2, 0.25) is 0 Å². The first-order valence-corrected chi connectivity index (χ1v) is 7.33. The molecule has 0 fully saturated rings. The summed E-state index contributed by atoms with van der Waals surface area (Å²) >= 11 is 5.98. The van der Waals surface area contributed by atoms with Crippen LogP contribution in [0.25, 0.3) is 16.6 Å². The lowest BCUT2D eigenvalue weighted by Crippen LogP contribution is -2.05. The molecule has 0 amide bonds. The van der Waals surface area contributed by atoms with Crippen LogP contribution in [0.1, 0.15) is 24.2 Å².